The predicted octanol–water partition coefficient (Wildman–Crippen LogP) is 3.88. The fourth-order valence-corrected chi connectivity index (χ4v) is 7.16. The van der Waals surface area contributed by atoms with Crippen molar-refractivity contribution in [1.82, 2.24) is 30.8 Å². The van der Waals surface area contributed by atoms with Gasteiger partial charge >= 0.3 is 0 Å². The van der Waals surface area contributed by atoms with Gasteiger partial charge in [-0.1, -0.05) is 91.0 Å². The van der Waals surface area contributed by atoms with E-state index in [1.807, 2.05) is 59.5 Å². The second-order valence-corrected chi connectivity index (χ2v) is 11.3. The van der Waals surface area contributed by atoms with Crippen LogP contribution in [-0.2, 0) is 10.3 Å². The molecule has 8 heteroatoms. The zero-order valence-corrected chi connectivity index (χ0v) is 20.3. The van der Waals surface area contributed by atoms with Crippen LogP contribution in [0, 0.1) is 0 Å². The Balaban J connectivity index is 1.46. The summed E-state index contributed by atoms with van der Waals surface area (Å²) in [5.74, 6) is 0.680. The standard InChI is InChI=1S/C27H26N6OS/c1-26(2)22(23-29-31-32-30-23)33-24(34)21(25(33)35-26)28-27(18-12-6-3-7-13-18,19-14-8-4-9-15-19)20-16-10-5-11-17-20/h3-17,21-22,25,28H,1-2H3,(H,29,30,31,32)/t21?,22?,25-/m0/s1. The SMILES string of the molecule is CC1(C)S[C@H]2C(NC(c3ccccc3)(c3ccccc3)c3ccccc3)C(=O)N2C1c1nnn[nH]1. The number of hydrogen-bond donors (Lipinski definition) is 2. The van der Waals surface area contributed by atoms with Gasteiger partial charge in [-0.3, -0.25) is 10.1 Å². The summed E-state index contributed by atoms with van der Waals surface area (Å²) in [6.07, 6.45) is 0. The molecule has 1 aromatic heterocycles. The molecule has 7 nitrogen and oxygen atoms in total. The molecule has 6 rings (SSSR count). The lowest BCUT2D eigenvalue weighted by Crippen LogP contribution is -2.70. The van der Waals surface area contributed by atoms with Crippen LogP contribution in [0.2, 0.25) is 0 Å². The molecule has 3 heterocycles. The lowest BCUT2D eigenvalue weighted by atomic mass is 9.76. The summed E-state index contributed by atoms with van der Waals surface area (Å²) in [5.41, 5.74) is 2.55. The van der Waals surface area contributed by atoms with Crippen molar-refractivity contribution in [2.24, 2.45) is 0 Å². The predicted molar refractivity (Wildman–Crippen MR) is 135 cm³/mol. The fraction of sp³-hybridized carbons (Fsp3) is 0.259. The molecule has 2 aliphatic heterocycles. The Morgan fingerprint density at radius 1 is 0.886 bits per heavy atom. The molecule has 0 aliphatic carbocycles. The molecule has 0 radical (unpaired) electrons. The van der Waals surface area contributed by atoms with Gasteiger partial charge in [0.1, 0.15) is 17.5 Å². The minimum atomic E-state index is -0.702. The van der Waals surface area contributed by atoms with Crippen LogP contribution in [0.1, 0.15) is 42.4 Å². The molecule has 0 bridgehead atoms. The van der Waals surface area contributed by atoms with Crippen molar-refractivity contribution in [2.75, 3.05) is 0 Å². The van der Waals surface area contributed by atoms with Crippen LogP contribution in [0.25, 0.3) is 0 Å². The Morgan fingerprint density at radius 3 is 1.86 bits per heavy atom. The highest BCUT2D eigenvalue weighted by Gasteiger charge is 2.64. The third kappa shape index (κ3) is 3.39. The zero-order valence-electron chi connectivity index (χ0n) is 19.5. The summed E-state index contributed by atoms with van der Waals surface area (Å²) >= 11 is 1.79. The Hall–Kier alpha value is -3.49. The van der Waals surface area contributed by atoms with Gasteiger partial charge in [-0.25, -0.2) is 5.10 Å². The third-order valence-electron chi connectivity index (χ3n) is 7.05. The van der Waals surface area contributed by atoms with E-state index in [1.54, 1.807) is 11.8 Å². The summed E-state index contributed by atoms with van der Waals surface area (Å²) in [4.78, 5) is 15.7. The molecule has 35 heavy (non-hydrogen) atoms. The first-order valence-corrected chi connectivity index (χ1v) is 12.6. The number of H-pyrrole nitrogens is 1. The average Bonchev–Trinajstić information content (AvgIpc) is 3.50. The molecule has 176 valence electrons. The molecule has 4 aromatic rings. The van der Waals surface area contributed by atoms with Gasteiger partial charge < -0.3 is 4.90 Å². The van der Waals surface area contributed by atoms with Gasteiger partial charge in [0.05, 0.1) is 5.54 Å². The summed E-state index contributed by atoms with van der Waals surface area (Å²) in [5, 5.41) is 18.4. The molecule has 0 saturated carbocycles. The second kappa shape index (κ2) is 8.32. The highest BCUT2D eigenvalue weighted by atomic mass is 32.2. The van der Waals surface area contributed by atoms with Crippen LogP contribution in [0.4, 0.5) is 0 Å². The normalized spacial score (nSPS) is 23.1. The molecular formula is C27H26N6OS. The number of benzene rings is 3. The Labute approximate surface area is 208 Å². The number of carbonyl (C=O) groups is 1. The maximum atomic E-state index is 13.8. The molecule has 2 N–H and O–H groups in total. The van der Waals surface area contributed by atoms with Crippen molar-refractivity contribution in [1.29, 1.82) is 0 Å². The molecule has 1 amide bonds. The fourth-order valence-electron chi connectivity index (χ4n) is 5.52. The number of nitrogens with one attached hydrogen (secondary N) is 2. The van der Waals surface area contributed by atoms with E-state index in [0.29, 0.717) is 5.82 Å². The number of fused-ring (bicyclic) bond motifs is 1. The van der Waals surface area contributed by atoms with Crippen LogP contribution in [0.15, 0.2) is 91.0 Å². The lowest BCUT2D eigenvalue weighted by Gasteiger charge is -2.49. The van der Waals surface area contributed by atoms with Crippen LogP contribution < -0.4 is 5.32 Å². The number of β-lactam (4-membered cyclic amide) rings is 1. The Morgan fingerprint density at radius 2 is 1.40 bits per heavy atom. The lowest BCUT2D eigenvalue weighted by molar-refractivity contribution is -0.150. The van der Waals surface area contributed by atoms with E-state index >= 15 is 0 Å². The van der Waals surface area contributed by atoms with Crippen molar-refractivity contribution in [2.45, 2.75) is 41.6 Å². The first-order valence-electron chi connectivity index (χ1n) is 11.7. The second-order valence-electron chi connectivity index (χ2n) is 9.52. The van der Waals surface area contributed by atoms with E-state index in [1.165, 1.54) is 0 Å². The molecule has 2 fully saturated rings. The van der Waals surface area contributed by atoms with Gasteiger partial charge in [0.25, 0.3) is 0 Å². The number of rotatable bonds is 6. The quantitative estimate of drug-likeness (QED) is 0.320. The first kappa shape index (κ1) is 22.0. The van der Waals surface area contributed by atoms with Crippen molar-refractivity contribution in [3.8, 4) is 0 Å². The molecule has 3 atom stereocenters. The largest absolute Gasteiger partial charge is 0.315 e. The highest BCUT2D eigenvalue weighted by molar-refractivity contribution is 8.01. The number of tetrazole rings is 1. The maximum Gasteiger partial charge on any atom is 0.244 e. The Bertz CT molecular complexity index is 1220. The number of aromatic amines is 1. The van der Waals surface area contributed by atoms with Gasteiger partial charge in [-0.05, 0) is 41.0 Å². The molecular weight excluding hydrogens is 456 g/mol. The number of aromatic nitrogens is 4. The van der Waals surface area contributed by atoms with Crippen molar-refractivity contribution >= 4 is 17.7 Å². The van der Waals surface area contributed by atoms with Crippen LogP contribution in [0.3, 0.4) is 0 Å². The minimum Gasteiger partial charge on any atom is -0.315 e. The number of thioether (sulfide) groups is 1. The van der Waals surface area contributed by atoms with E-state index < -0.39 is 5.54 Å². The maximum absolute atomic E-state index is 13.8. The molecule has 3 aromatic carbocycles. The van der Waals surface area contributed by atoms with Gasteiger partial charge in [0.15, 0.2) is 5.82 Å². The van der Waals surface area contributed by atoms with E-state index in [9.17, 15) is 4.79 Å². The molecule has 2 unspecified atom stereocenters. The summed E-state index contributed by atoms with van der Waals surface area (Å²) < 4.78 is -0.243. The van der Waals surface area contributed by atoms with Gasteiger partial charge in [-0.2, -0.15) is 0 Å². The number of hydrogen-bond acceptors (Lipinski definition) is 6. The first-order chi connectivity index (χ1) is 17.0. The van der Waals surface area contributed by atoms with E-state index in [0.717, 1.165) is 16.7 Å². The number of nitrogens with zero attached hydrogens (tertiary/aromatic N) is 4. The van der Waals surface area contributed by atoms with Crippen LogP contribution in [-0.4, -0.2) is 47.6 Å². The molecule has 2 aliphatic rings. The minimum absolute atomic E-state index is 0.0388. The topological polar surface area (TPSA) is 86.8 Å². The average molecular weight is 483 g/mol. The van der Waals surface area contributed by atoms with E-state index in [-0.39, 0.29) is 28.1 Å². The number of carbonyl (C=O) groups excluding carboxylic acids is 1. The molecule has 2 saturated heterocycles. The van der Waals surface area contributed by atoms with Gasteiger partial charge in [-0.15, -0.1) is 16.9 Å². The van der Waals surface area contributed by atoms with E-state index in [4.69, 9.17) is 0 Å². The smallest absolute Gasteiger partial charge is 0.244 e. The Kier molecular flexibility index (Phi) is 5.23. The monoisotopic (exact) mass is 482 g/mol. The van der Waals surface area contributed by atoms with E-state index in [2.05, 4.69) is 76.2 Å². The summed E-state index contributed by atoms with van der Waals surface area (Å²) in [7, 11) is 0. The molecule has 0 spiro atoms. The van der Waals surface area contributed by atoms with Gasteiger partial charge in [0.2, 0.25) is 5.91 Å². The van der Waals surface area contributed by atoms with Crippen LogP contribution in [0.5, 0.6) is 0 Å². The highest BCUT2D eigenvalue weighted by Crippen LogP contribution is 2.57. The summed E-state index contributed by atoms with van der Waals surface area (Å²) in [6.45, 7) is 4.29. The number of amides is 1. The zero-order chi connectivity index (χ0) is 24.0. The van der Waals surface area contributed by atoms with Gasteiger partial charge in [0, 0.05) is 4.75 Å². The summed E-state index contributed by atoms with van der Waals surface area (Å²) in [6, 6.07) is 30.5. The third-order valence-corrected chi connectivity index (χ3v) is 8.63. The van der Waals surface area contributed by atoms with Crippen molar-refractivity contribution in [3.05, 3.63) is 114 Å². The van der Waals surface area contributed by atoms with Crippen molar-refractivity contribution < 1.29 is 4.79 Å². The van der Waals surface area contributed by atoms with Crippen LogP contribution >= 0.6 is 11.8 Å². The van der Waals surface area contributed by atoms with Crippen molar-refractivity contribution in [3.63, 3.8) is 0 Å².